The van der Waals surface area contributed by atoms with Gasteiger partial charge in [0.15, 0.2) is 18.3 Å². The minimum Gasteiger partial charge on any atom is -0.388 e. The number of urea groups is 1. The van der Waals surface area contributed by atoms with E-state index >= 15 is 0 Å². The largest absolute Gasteiger partial charge is 0.388 e. The third-order valence-corrected chi connectivity index (χ3v) is 6.12. The van der Waals surface area contributed by atoms with Gasteiger partial charge in [-0.25, -0.2) is 4.79 Å². The second-order valence-electron chi connectivity index (χ2n) is 9.15. The van der Waals surface area contributed by atoms with Gasteiger partial charge in [-0.2, -0.15) is 0 Å². The monoisotopic (exact) mass is 520 g/mol. The van der Waals surface area contributed by atoms with Crippen molar-refractivity contribution in [2.24, 2.45) is 0 Å². The van der Waals surface area contributed by atoms with Crippen LogP contribution in [-0.4, -0.2) is 78.5 Å². The van der Waals surface area contributed by atoms with Gasteiger partial charge in [-0.05, 0) is 12.8 Å². The number of amides is 4. The van der Waals surface area contributed by atoms with Crippen LogP contribution in [0, 0.1) is 0 Å². The summed E-state index contributed by atoms with van der Waals surface area (Å²) in [7, 11) is 0. The zero-order valence-corrected chi connectivity index (χ0v) is 21.3. The van der Waals surface area contributed by atoms with Crippen molar-refractivity contribution in [3.8, 4) is 0 Å². The molecule has 2 heterocycles. The number of carbonyl (C=O) groups excluding carboxylic acids is 4. The zero-order valence-electron chi connectivity index (χ0n) is 21.3. The summed E-state index contributed by atoms with van der Waals surface area (Å²) in [4.78, 5) is 48.5. The Morgan fingerprint density at radius 3 is 2.43 bits per heavy atom. The van der Waals surface area contributed by atoms with Gasteiger partial charge in [0.25, 0.3) is 0 Å². The topological polar surface area (TPSA) is 164 Å². The highest BCUT2D eigenvalue weighted by Crippen LogP contribution is 2.33. The molecule has 7 atom stereocenters. The Balaban J connectivity index is 1.68. The number of ketones is 1. The fraction of sp³-hybridized carbons (Fsp3) is 0.600. The number of fused-ring (bicyclic) bond motifs is 1. The van der Waals surface area contributed by atoms with E-state index in [1.165, 1.54) is 13.8 Å². The Morgan fingerprint density at radius 1 is 1.05 bits per heavy atom. The summed E-state index contributed by atoms with van der Waals surface area (Å²) in [5, 5.41) is 21.6. The number of benzene rings is 1. The average Bonchev–Trinajstić information content (AvgIpc) is 2.86. The molecule has 12 heteroatoms. The van der Waals surface area contributed by atoms with Crippen molar-refractivity contribution >= 4 is 23.6 Å². The minimum atomic E-state index is -1.22. The summed E-state index contributed by atoms with van der Waals surface area (Å²) in [6, 6.07) is 6.64. The minimum absolute atomic E-state index is 0.0855. The second kappa shape index (κ2) is 13.5. The Hall–Kier alpha value is -3.06. The molecule has 0 bridgehead atoms. The highest BCUT2D eigenvalue weighted by molar-refractivity contribution is 5.88. The van der Waals surface area contributed by atoms with E-state index in [0.29, 0.717) is 6.42 Å². The molecule has 2 aliphatic heterocycles. The summed E-state index contributed by atoms with van der Waals surface area (Å²) < 4.78 is 17.8. The summed E-state index contributed by atoms with van der Waals surface area (Å²) in [5.74, 6) is -0.849. The highest BCUT2D eigenvalue weighted by Gasteiger charge is 2.50. The van der Waals surface area contributed by atoms with Crippen molar-refractivity contribution in [3.05, 3.63) is 35.9 Å². The van der Waals surface area contributed by atoms with Gasteiger partial charge in [-0.3, -0.25) is 14.4 Å². The van der Waals surface area contributed by atoms with Gasteiger partial charge in [-0.1, -0.05) is 37.3 Å². The van der Waals surface area contributed by atoms with Crippen LogP contribution in [0.3, 0.4) is 0 Å². The molecule has 2 fully saturated rings. The van der Waals surface area contributed by atoms with Crippen molar-refractivity contribution in [1.29, 1.82) is 0 Å². The van der Waals surface area contributed by atoms with E-state index in [1.807, 2.05) is 37.3 Å². The highest BCUT2D eigenvalue weighted by atomic mass is 16.7. The molecular weight excluding hydrogens is 484 g/mol. The molecule has 12 nitrogen and oxygen atoms in total. The van der Waals surface area contributed by atoms with Crippen LogP contribution in [0.25, 0.3) is 0 Å². The summed E-state index contributed by atoms with van der Waals surface area (Å²) in [5.41, 5.74) is 0.769. The first-order valence-electron chi connectivity index (χ1n) is 12.5. The molecule has 0 saturated carbocycles. The first kappa shape index (κ1) is 28.5. The Kier molecular flexibility index (Phi) is 10.4. The van der Waals surface area contributed by atoms with Crippen LogP contribution in [0.4, 0.5) is 4.79 Å². The van der Waals surface area contributed by atoms with Gasteiger partial charge in [0, 0.05) is 32.4 Å². The molecule has 2 saturated heterocycles. The summed E-state index contributed by atoms with van der Waals surface area (Å²) in [6.45, 7) is 4.80. The number of hydrogen-bond donors (Lipinski definition) is 5. The first-order valence-corrected chi connectivity index (χ1v) is 12.5. The fourth-order valence-corrected chi connectivity index (χ4v) is 4.38. The molecule has 2 aliphatic rings. The van der Waals surface area contributed by atoms with Gasteiger partial charge in [0.05, 0.1) is 12.6 Å². The molecular formula is C25H36N4O8. The lowest BCUT2D eigenvalue weighted by Gasteiger charge is -2.48. The fourth-order valence-electron chi connectivity index (χ4n) is 4.38. The van der Waals surface area contributed by atoms with Gasteiger partial charge in [0.2, 0.25) is 11.8 Å². The molecule has 204 valence electrons. The molecule has 37 heavy (non-hydrogen) atoms. The quantitative estimate of drug-likeness (QED) is 0.293. The molecule has 2 unspecified atom stereocenters. The lowest BCUT2D eigenvalue weighted by Crippen LogP contribution is -2.70. The Morgan fingerprint density at radius 2 is 1.78 bits per heavy atom. The van der Waals surface area contributed by atoms with Gasteiger partial charge in [0.1, 0.15) is 24.4 Å². The summed E-state index contributed by atoms with van der Waals surface area (Å²) >= 11 is 0. The average molecular weight is 521 g/mol. The van der Waals surface area contributed by atoms with E-state index < -0.39 is 54.9 Å². The number of nitrogens with one attached hydrogen (secondary N) is 4. The number of Topliss-reactive ketones (excluding diaryl/α,β-unsaturated/α-hetero) is 1. The van der Waals surface area contributed by atoms with Crippen molar-refractivity contribution in [2.75, 3.05) is 13.2 Å². The van der Waals surface area contributed by atoms with Crippen molar-refractivity contribution in [3.63, 3.8) is 0 Å². The second-order valence-corrected chi connectivity index (χ2v) is 9.15. The number of aliphatic hydroxyl groups excluding tert-OH is 1. The summed E-state index contributed by atoms with van der Waals surface area (Å²) in [6.07, 6.45) is -3.54. The van der Waals surface area contributed by atoms with E-state index in [9.17, 15) is 24.3 Å². The van der Waals surface area contributed by atoms with Crippen molar-refractivity contribution in [2.45, 2.75) is 82.9 Å². The number of aliphatic hydroxyl groups is 1. The zero-order chi connectivity index (χ0) is 26.9. The van der Waals surface area contributed by atoms with E-state index in [2.05, 4.69) is 21.3 Å². The maximum absolute atomic E-state index is 12.9. The predicted octanol–water partition coefficient (Wildman–Crippen LogP) is 0.254. The number of rotatable bonds is 10. The van der Waals surface area contributed by atoms with Crippen molar-refractivity contribution in [1.82, 2.24) is 21.3 Å². The Bertz CT molecular complexity index is 946. The number of carbonyl (C=O) groups is 4. The van der Waals surface area contributed by atoms with E-state index in [1.54, 1.807) is 0 Å². The van der Waals surface area contributed by atoms with Crippen LogP contribution in [0.1, 0.15) is 51.9 Å². The van der Waals surface area contributed by atoms with Gasteiger partial charge in [-0.15, -0.1) is 0 Å². The van der Waals surface area contributed by atoms with E-state index in [0.717, 1.165) is 5.56 Å². The molecule has 1 aromatic rings. The molecule has 0 spiro atoms. The smallest absolute Gasteiger partial charge is 0.317 e. The molecule has 1 aromatic carbocycles. The molecule has 0 aromatic heterocycles. The third kappa shape index (κ3) is 7.96. The lowest BCUT2D eigenvalue weighted by molar-refractivity contribution is -0.316. The third-order valence-electron chi connectivity index (χ3n) is 6.12. The standard InChI is InChI=1S/C25H36N4O8/c1-4-8-18(32)17(11-12-26-14(2)30)28-25(34)29-23-20(27-15(3)31)21(33)22-19(36-23)13-35-24(37-22)16-9-6-5-7-10-16/h5-7,9-10,17,19-24,33H,4,8,11-13H2,1-3H3,(H,26,30)(H,27,31)(H2,28,29,34)/t17-,19+,20+,21+,22+,23?,24?/m0/s1. The van der Waals surface area contributed by atoms with Gasteiger partial charge < -0.3 is 40.6 Å². The Labute approximate surface area is 215 Å². The normalized spacial score (nSPS) is 27.8. The molecule has 4 amide bonds. The first-order chi connectivity index (χ1) is 17.7. The van der Waals surface area contributed by atoms with Crippen molar-refractivity contribution < 1.29 is 38.5 Å². The maximum atomic E-state index is 12.9. The predicted molar refractivity (Wildman–Crippen MR) is 131 cm³/mol. The molecule has 3 rings (SSSR count). The van der Waals surface area contributed by atoms with Crippen LogP contribution in [0.15, 0.2) is 30.3 Å². The number of hydrogen-bond acceptors (Lipinski definition) is 8. The molecule has 5 N–H and O–H groups in total. The van der Waals surface area contributed by atoms with Crippen LogP contribution in [0.2, 0.25) is 0 Å². The molecule has 0 aliphatic carbocycles. The number of ether oxygens (including phenoxy) is 3. The van der Waals surface area contributed by atoms with Crippen LogP contribution < -0.4 is 21.3 Å². The van der Waals surface area contributed by atoms with Gasteiger partial charge >= 0.3 is 6.03 Å². The maximum Gasteiger partial charge on any atom is 0.317 e. The molecule has 0 radical (unpaired) electrons. The van der Waals surface area contributed by atoms with E-state index in [4.69, 9.17) is 14.2 Å². The van der Waals surface area contributed by atoms with Crippen LogP contribution >= 0.6 is 0 Å². The SMILES string of the molecule is CCCC(=O)[C@H](CCNC(C)=O)NC(=O)NC1O[C@@H]2COC(c3ccccc3)O[C@H]2[C@H](O)[C@H]1NC(C)=O. The van der Waals surface area contributed by atoms with E-state index in [-0.39, 0.29) is 37.7 Å². The van der Waals surface area contributed by atoms with Crippen LogP contribution in [0.5, 0.6) is 0 Å². The van der Waals surface area contributed by atoms with Crippen LogP contribution in [-0.2, 0) is 28.6 Å². The lowest BCUT2D eigenvalue weighted by atomic mass is 9.94.